The van der Waals surface area contributed by atoms with Crippen molar-refractivity contribution in [1.29, 1.82) is 0 Å². The van der Waals surface area contributed by atoms with E-state index < -0.39 is 13.8 Å². The van der Waals surface area contributed by atoms with Gasteiger partial charge in [0, 0.05) is 17.3 Å². The summed E-state index contributed by atoms with van der Waals surface area (Å²) in [5, 5.41) is 0. The molecule has 4 nitrogen and oxygen atoms in total. The average molecular weight is 543 g/mol. The molecular formula is C35H27O4P. The zero-order chi connectivity index (χ0) is 26.8. The third kappa shape index (κ3) is 3.29. The van der Waals surface area contributed by atoms with Gasteiger partial charge in [0.1, 0.15) is 34.5 Å². The molecule has 0 aromatic heterocycles. The molecule has 0 amide bonds. The summed E-state index contributed by atoms with van der Waals surface area (Å²) >= 11 is 0. The van der Waals surface area contributed by atoms with Gasteiger partial charge in [-0.15, -0.1) is 0 Å². The first kappa shape index (κ1) is 23.6. The highest BCUT2D eigenvalue weighted by molar-refractivity contribution is 7.48. The third-order valence-electron chi connectivity index (χ3n) is 8.34. The molecule has 5 aromatic carbocycles. The third-order valence-corrected chi connectivity index (χ3v) is 9.73. The molecule has 3 heterocycles. The minimum absolute atomic E-state index is 0.727. The summed E-state index contributed by atoms with van der Waals surface area (Å²) in [6.07, 6.45) is 1.63. The summed E-state index contributed by atoms with van der Waals surface area (Å²) in [5.74, 6) is 4.80. The zero-order valence-corrected chi connectivity index (χ0v) is 23.2. The van der Waals surface area contributed by atoms with Crippen molar-refractivity contribution in [2.24, 2.45) is 0 Å². The number of para-hydroxylation sites is 2. The summed E-state index contributed by atoms with van der Waals surface area (Å²) in [4.78, 5) is 0. The molecule has 0 fully saturated rings. The highest BCUT2D eigenvalue weighted by Gasteiger charge is 2.54. The van der Waals surface area contributed by atoms with E-state index in [9.17, 15) is 0 Å². The molecule has 8 rings (SSSR count). The molecule has 196 valence electrons. The van der Waals surface area contributed by atoms with Crippen LogP contribution >= 0.6 is 8.38 Å². The molecule has 0 atom stereocenters. The van der Waals surface area contributed by atoms with Crippen LogP contribution in [0.5, 0.6) is 34.5 Å². The van der Waals surface area contributed by atoms with E-state index in [-0.39, 0.29) is 0 Å². The van der Waals surface area contributed by atoms with Gasteiger partial charge >= 0.3 is 0 Å². The lowest BCUT2D eigenvalue weighted by Gasteiger charge is -2.46. The Hall–Kier alpha value is -4.27. The molecular weight excluding hydrogens is 515 g/mol. The van der Waals surface area contributed by atoms with Crippen LogP contribution in [0.4, 0.5) is 0 Å². The number of hydrogen-bond donors (Lipinski definition) is 0. The predicted molar refractivity (Wildman–Crippen MR) is 158 cm³/mol. The van der Waals surface area contributed by atoms with Crippen molar-refractivity contribution < 1.29 is 18.5 Å². The fourth-order valence-corrected chi connectivity index (χ4v) is 8.00. The van der Waals surface area contributed by atoms with Gasteiger partial charge in [0.25, 0.3) is 8.38 Å². The Morgan fingerprint density at radius 1 is 0.525 bits per heavy atom. The Labute approximate surface area is 235 Å². The first-order chi connectivity index (χ1) is 19.6. The monoisotopic (exact) mass is 542 g/mol. The van der Waals surface area contributed by atoms with Gasteiger partial charge in [0.2, 0.25) is 0 Å². The molecule has 5 heteroatoms. The fraction of sp³-hybridized carbons (Fsp3) is 0.143. The van der Waals surface area contributed by atoms with Gasteiger partial charge in [0.05, 0.1) is 16.5 Å². The molecule has 0 radical (unpaired) electrons. The van der Waals surface area contributed by atoms with Gasteiger partial charge < -0.3 is 18.5 Å². The number of rotatable bonds is 3. The molecule has 0 bridgehead atoms. The van der Waals surface area contributed by atoms with E-state index in [0.717, 1.165) is 69.3 Å². The topological polar surface area (TPSA) is 36.9 Å². The largest absolute Gasteiger partial charge is 0.457 e. The van der Waals surface area contributed by atoms with Crippen LogP contribution in [0.3, 0.4) is 0 Å². The highest BCUT2D eigenvalue weighted by Crippen LogP contribution is 2.67. The normalized spacial score (nSPS) is 15.3. The van der Waals surface area contributed by atoms with Crippen LogP contribution in [-0.4, -0.2) is 6.16 Å². The van der Waals surface area contributed by atoms with E-state index >= 15 is 0 Å². The van der Waals surface area contributed by atoms with Crippen LogP contribution in [0.15, 0.2) is 103 Å². The maximum absolute atomic E-state index is 6.88. The van der Waals surface area contributed by atoms with E-state index in [1.165, 1.54) is 16.7 Å². The molecule has 3 aliphatic heterocycles. The molecule has 0 N–H and O–H groups in total. The second-order valence-corrected chi connectivity index (χ2v) is 12.0. The summed E-state index contributed by atoms with van der Waals surface area (Å²) in [7, 11) is -1.31. The molecule has 40 heavy (non-hydrogen) atoms. The minimum Gasteiger partial charge on any atom is -0.457 e. The van der Waals surface area contributed by atoms with Gasteiger partial charge in [-0.3, -0.25) is 0 Å². The van der Waals surface area contributed by atoms with E-state index in [0.29, 0.717) is 0 Å². The van der Waals surface area contributed by atoms with Crippen LogP contribution in [0.1, 0.15) is 38.9 Å². The van der Waals surface area contributed by atoms with Crippen molar-refractivity contribution in [2.45, 2.75) is 25.7 Å². The summed E-state index contributed by atoms with van der Waals surface area (Å²) in [6.45, 7) is 4.35. The SMILES string of the molecule is Cc1cccc(C)c1CCP1Oc2cccc3c2C2(c4ccccc4O3)c3ccccc3Oc3cccc(c32)O1. The lowest BCUT2D eigenvalue weighted by Crippen LogP contribution is -2.38. The quantitative estimate of drug-likeness (QED) is 0.209. The Bertz CT molecular complexity index is 1680. The standard InChI is InChI=1S/C35H27O4P/c1-22-10-7-11-23(2)24(22)20-21-40-38-31-18-8-16-29-33(31)35(25-12-3-5-14-27(25)36-29)26-13-4-6-15-28(26)37-30-17-9-19-32(39-40)34(30)35/h3-19H,20-21H2,1-2H3. The molecule has 0 aliphatic carbocycles. The predicted octanol–water partition coefficient (Wildman–Crippen LogP) is 9.22. The van der Waals surface area contributed by atoms with Crippen molar-refractivity contribution in [3.05, 3.63) is 142 Å². The smallest absolute Gasteiger partial charge is 0.290 e. The van der Waals surface area contributed by atoms with Crippen molar-refractivity contribution in [1.82, 2.24) is 0 Å². The highest BCUT2D eigenvalue weighted by atomic mass is 31.2. The van der Waals surface area contributed by atoms with Gasteiger partial charge in [-0.05, 0) is 73.4 Å². The van der Waals surface area contributed by atoms with Gasteiger partial charge in [-0.1, -0.05) is 66.7 Å². The first-order valence-electron chi connectivity index (χ1n) is 13.6. The Morgan fingerprint density at radius 3 is 1.52 bits per heavy atom. The molecule has 0 saturated carbocycles. The zero-order valence-electron chi connectivity index (χ0n) is 22.3. The van der Waals surface area contributed by atoms with Crippen molar-refractivity contribution in [3.8, 4) is 34.5 Å². The lowest BCUT2D eigenvalue weighted by atomic mass is 9.62. The lowest BCUT2D eigenvalue weighted by molar-refractivity contribution is 0.374. The molecule has 5 aromatic rings. The van der Waals surface area contributed by atoms with Crippen molar-refractivity contribution in [3.63, 3.8) is 0 Å². The van der Waals surface area contributed by atoms with Crippen LogP contribution in [0, 0.1) is 13.8 Å². The second kappa shape index (κ2) is 8.87. The second-order valence-electron chi connectivity index (χ2n) is 10.6. The van der Waals surface area contributed by atoms with E-state index in [2.05, 4.69) is 68.4 Å². The molecule has 0 saturated heterocycles. The van der Waals surface area contributed by atoms with Crippen molar-refractivity contribution in [2.75, 3.05) is 6.16 Å². The van der Waals surface area contributed by atoms with E-state index in [1.54, 1.807) is 0 Å². The van der Waals surface area contributed by atoms with Gasteiger partial charge in [0.15, 0.2) is 0 Å². The first-order valence-corrected chi connectivity index (χ1v) is 15.0. The fourth-order valence-electron chi connectivity index (χ4n) is 6.64. The van der Waals surface area contributed by atoms with E-state index in [4.69, 9.17) is 18.5 Å². The molecule has 1 spiro atoms. The Kier molecular flexibility index (Phi) is 5.24. The Balaban J connectivity index is 1.38. The Morgan fingerprint density at radius 2 is 0.975 bits per heavy atom. The molecule has 0 unspecified atom stereocenters. The minimum atomic E-state index is -1.31. The van der Waals surface area contributed by atoms with Crippen LogP contribution in [0.2, 0.25) is 0 Å². The average Bonchev–Trinajstić information content (AvgIpc) is 2.96. The summed E-state index contributed by atoms with van der Waals surface area (Å²) in [5.41, 5.74) is 7.32. The summed E-state index contributed by atoms with van der Waals surface area (Å²) < 4.78 is 26.9. The van der Waals surface area contributed by atoms with Crippen LogP contribution < -0.4 is 18.5 Å². The number of ether oxygens (including phenoxy) is 2. The number of benzene rings is 5. The van der Waals surface area contributed by atoms with Crippen molar-refractivity contribution >= 4 is 8.38 Å². The van der Waals surface area contributed by atoms with Gasteiger partial charge in [-0.25, -0.2) is 0 Å². The number of fused-ring (bicyclic) bond motifs is 2. The summed E-state index contributed by atoms with van der Waals surface area (Å²) in [6, 6.07) is 35.3. The number of hydrogen-bond acceptors (Lipinski definition) is 4. The molecule has 3 aliphatic rings. The maximum atomic E-state index is 6.88. The van der Waals surface area contributed by atoms with Gasteiger partial charge in [-0.2, -0.15) is 0 Å². The van der Waals surface area contributed by atoms with Crippen LogP contribution in [0.25, 0.3) is 0 Å². The van der Waals surface area contributed by atoms with E-state index in [1.807, 2.05) is 48.5 Å². The van der Waals surface area contributed by atoms with Crippen LogP contribution in [-0.2, 0) is 11.8 Å². The number of aryl methyl sites for hydroxylation is 2. The maximum Gasteiger partial charge on any atom is 0.290 e.